The topological polar surface area (TPSA) is 47.0 Å². The Hall–Kier alpha value is -3.01. The molecule has 3 aromatic rings. The van der Waals surface area contributed by atoms with Gasteiger partial charge in [-0.1, -0.05) is 49.0 Å². The van der Waals surface area contributed by atoms with E-state index in [0.29, 0.717) is 17.1 Å². The first-order valence-electron chi connectivity index (χ1n) is 7.35. The van der Waals surface area contributed by atoms with Crippen molar-refractivity contribution in [3.8, 4) is 5.75 Å². The largest absolute Gasteiger partial charge is 0.497 e. The fraction of sp³-hybridized carbons (Fsp3) is 0.105. The maximum Gasteiger partial charge on any atom is 0.274 e. The molecule has 0 fully saturated rings. The molecule has 2 aromatic carbocycles. The van der Waals surface area contributed by atoms with Crippen LogP contribution in [0.4, 0.5) is 0 Å². The molecule has 23 heavy (non-hydrogen) atoms. The Morgan fingerprint density at radius 2 is 1.83 bits per heavy atom. The summed E-state index contributed by atoms with van der Waals surface area (Å²) < 4.78 is 6.72. The molecule has 0 spiro atoms. The molecule has 4 nitrogen and oxygen atoms in total. The molecule has 1 heterocycles. The Balaban J connectivity index is 1.98. The van der Waals surface area contributed by atoms with Gasteiger partial charge in [0.25, 0.3) is 5.56 Å². The van der Waals surface area contributed by atoms with Crippen LogP contribution in [0, 0.1) is 0 Å². The molecule has 4 heteroatoms. The standard InChI is InChI=1S/C19H18N2O2/c1-14-18(12-15-8-10-17(23-2)11-9-15)19(22)21(20-14)13-16-6-4-3-5-7-16/h3-12,20H,1,13H2,2H3/b18-12+. The zero-order chi connectivity index (χ0) is 16.2. The van der Waals surface area contributed by atoms with Crippen molar-refractivity contribution >= 4 is 12.7 Å². The number of nitrogens with one attached hydrogen (secondary N) is 1. The Morgan fingerprint density at radius 3 is 2.48 bits per heavy atom. The summed E-state index contributed by atoms with van der Waals surface area (Å²) in [6.07, 6.45) is 1.84. The minimum absolute atomic E-state index is 0.0744. The number of hydrogen-bond donors (Lipinski definition) is 1. The highest BCUT2D eigenvalue weighted by Gasteiger charge is 2.03. The minimum Gasteiger partial charge on any atom is -0.497 e. The third-order valence-electron chi connectivity index (χ3n) is 3.68. The Bertz CT molecular complexity index is 951. The van der Waals surface area contributed by atoms with Crippen molar-refractivity contribution < 1.29 is 4.74 Å². The highest BCUT2D eigenvalue weighted by molar-refractivity contribution is 5.50. The molecular weight excluding hydrogens is 288 g/mol. The van der Waals surface area contributed by atoms with E-state index < -0.39 is 0 Å². The first-order valence-corrected chi connectivity index (χ1v) is 7.35. The molecule has 0 aliphatic carbocycles. The lowest BCUT2D eigenvalue weighted by Crippen LogP contribution is -2.34. The van der Waals surface area contributed by atoms with Crippen LogP contribution in [-0.2, 0) is 6.54 Å². The minimum atomic E-state index is -0.0744. The lowest BCUT2D eigenvalue weighted by molar-refractivity contribution is 0.415. The monoisotopic (exact) mass is 306 g/mol. The maximum absolute atomic E-state index is 12.6. The highest BCUT2D eigenvalue weighted by Crippen LogP contribution is 2.11. The third-order valence-corrected chi connectivity index (χ3v) is 3.68. The van der Waals surface area contributed by atoms with Crippen LogP contribution >= 0.6 is 0 Å². The molecule has 116 valence electrons. The molecule has 0 saturated carbocycles. The van der Waals surface area contributed by atoms with E-state index in [9.17, 15) is 4.79 Å². The number of H-pyrrole nitrogens is 1. The van der Waals surface area contributed by atoms with Gasteiger partial charge in [-0.25, -0.2) is 4.68 Å². The zero-order valence-corrected chi connectivity index (χ0v) is 13.0. The molecule has 0 atom stereocenters. The van der Waals surface area contributed by atoms with E-state index in [1.54, 1.807) is 11.8 Å². The van der Waals surface area contributed by atoms with Crippen LogP contribution in [-0.4, -0.2) is 16.9 Å². The zero-order valence-electron chi connectivity index (χ0n) is 13.0. The summed E-state index contributed by atoms with van der Waals surface area (Å²) in [6.45, 7) is 4.44. The lowest BCUT2D eigenvalue weighted by Gasteiger charge is -2.00. The summed E-state index contributed by atoms with van der Waals surface area (Å²) >= 11 is 0. The Kier molecular flexibility index (Phi) is 4.15. The number of ether oxygens (including phenoxy) is 1. The second kappa shape index (κ2) is 6.40. The van der Waals surface area contributed by atoms with Crippen molar-refractivity contribution in [3.63, 3.8) is 0 Å². The van der Waals surface area contributed by atoms with Crippen molar-refractivity contribution in [1.82, 2.24) is 9.78 Å². The lowest BCUT2D eigenvalue weighted by atomic mass is 10.2. The fourth-order valence-electron chi connectivity index (χ4n) is 2.44. The quantitative estimate of drug-likeness (QED) is 0.793. The van der Waals surface area contributed by atoms with Gasteiger partial charge in [-0.15, -0.1) is 0 Å². The molecule has 1 N–H and O–H groups in total. The van der Waals surface area contributed by atoms with Crippen molar-refractivity contribution in [1.29, 1.82) is 0 Å². The predicted octanol–water partition coefficient (Wildman–Crippen LogP) is 1.47. The van der Waals surface area contributed by atoms with Crippen molar-refractivity contribution in [2.45, 2.75) is 6.54 Å². The van der Waals surface area contributed by atoms with Crippen LogP contribution in [0.5, 0.6) is 5.75 Å². The normalized spacial score (nSPS) is 11.6. The van der Waals surface area contributed by atoms with Gasteiger partial charge in [0.1, 0.15) is 5.75 Å². The van der Waals surface area contributed by atoms with Crippen LogP contribution in [0.1, 0.15) is 11.1 Å². The van der Waals surface area contributed by atoms with Crippen molar-refractivity contribution in [2.24, 2.45) is 0 Å². The van der Waals surface area contributed by atoms with Gasteiger partial charge in [-0.3, -0.25) is 9.89 Å². The van der Waals surface area contributed by atoms with Crippen molar-refractivity contribution in [2.75, 3.05) is 7.11 Å². The van der Waals surface area contributed by atoms with E-state index in [1.807, 2.05) is 60.7 Å². The van der Waals surface area contributed by atoms with Gasteiger partial charge >= 0.3 is 0 Å². The van der Waals surface area contributed by atoms with E-state index in [4.69, 9.17) is 4.74 Å². The van der Waals surface area contributed by atoms with Crippen LogP contribution in [0.25, 0.3) is 12.7 Å². The first-order chi connectivity index (χ1) is 11.2. The highest BCUT2D eigenvalue weighted by atomic mass is 16.5. The number of aromatic amines is 1. The average Bonchev–Trinajstić information content (AvgIpc) is 2.84. The molecule has 0 aliphatic rings. The summed E-state index contributed by atoms with van der Waals surface area (Å²) in [7, 11) is 1.63. The molecule has 0 bridgehead atoms. The van der Waals surface area contributed by atoms with Gasteiger partial charge in [0, 0.05) is 0 Å². The summed E-state index contributed by atoms with van der Waals surface area (Å²) in [5, 5.41) is 4.23. The number of benzene rings is 2. The van der Waals surface area contributed by atoms with Gasteiger partial charge < -0.3 is 4.74 Å². The van der Waals surface area contributed by atoms with Gasteiger partial charge in [0.05, 0.1) is 24.2 Å². The van der Waals surface area contributed by atoms with E-state index >= 15 is 0 Å². The smallest absolute Gasteiger partial charge is 0.274 e. The van der Waals surface area contributed by atoms with Crippen LogP contribution in [0.15, 0.2) is 59.4 Å². The maximum atomic E-state index is 12.6. The van der Waals surface area contributed by atoms with Gasteiger partial charge in [-0.05, 0) is 29.3 Å². The Morgan fingerprint density at radius 1 is 1.13 bits per heavy atom. The second-order valence-electron chi connectivity index (χ2n) is 5.30. The number of aromatic nitrogens is 2. The van der Waals surface area contributed by atoms with Gasteiger partial charge in [0.15, 0.2) is 0 Å². The third kappa shape index (κ3) is 3.26. The SMILES string of the molecule is C=c1[nH]n(Cc2ccccc2)c(=O)/c1=C/c1ccc(OC)cc1. The molecule has 0 unspecified atom stereocenters. The molecular formula is C19H18N2O2. The van der Waals surface area contributed by atoms with E-state index in [-0.39, 0.29) is 5.56 Å². The summed E-state index contributed by atoms with van der Waals surface area (Å²) in [6, 6.07) is 17.4. The number of nitrogens with zero attached hydrogens (tertiary/aromatic N) is 1. The van der Waals surface area contributed by atoms with Crippen molar-refractivity contribution in [3.05, 3.63) is 86.6 Å². The van der Waals surface area contributed by atoms with E-state index in [0.717, 1.165) is 16.9 Å². The molecule has 0 radical (unpaired) electrons. The molecule has 3 rings (SSSR count). The molecule has 0 aliphatic heterocycles. The fourth-order valence-corrected chi connectivity index (χ4v) is 2.44. The summed E-state index contributed by atoms with van der Waals surface area (Å²) in [5.74, 6) is 0.785. The number of rotatable bonds is 4. The second-order valence-corrected chi connectivity index (χ2v) is 5.30. The molecule has 1 aromatic heterocycles. The predicted molar refractivity (Wildman–Crippen MR) is 91.9 cm³/mol. The summed E-state index contributed by atoms with van der Waals surface area (Å²) in [4.78, 5) is 12.6. The molecule has 0 amide bonds. The van der Waals surface area contributed by atoms with Crippen LogP contribution < -0.4 is 20.9 Å². The number of hydrogen-bond acceptors (Lipinski definition) is 2. The summed E-state index contributed by atoms with van der Waals surface area (Å²) in [5.41, 5.74) is 1.92. The van der Waals surface area contributed by atoms with E-state index in [2.05, 4.69) is 11.7 Å². The first kappa shape index (κ1) is 14.9. The average molecular weight is 306 g/mol. The van der Waals surface area contributed by atoms with Gasteiger partial charge in [0.2, 0.25) is 0 Å². The Labute approximate surface area is 134 Å². The van der Waals surface area contributed by atoms with Crippen LogP contribution in [0.2, 0.25) is 0 Å². The van der Waals surface area contributed by atoms with Gasteiger partial charge in [-0.2, -0.15) is 0 Å². The van der Waals surface area contributed by atoms with Crippen LogP contribution in [0.3, 0.4) is 0 Å². The molecule has 0 saturated heterocycles. The number of methoxy groups -OCH3 is 1. The van der Waals surface area contributed by atoms with E-state index in [1.165, 1.54) is 0 Å².